The van der Waals surface area contributed by atoms with Gasteiger partial charge in [0.2, 0.25) is 11.7 Å². The van der Waals surface area contributed by atoms with E-state index >= 15 is 0 Å². The number of amides is 1. The van der Waals surface area contributed by atoms with Crippen molar-refractivity contribution in [2.75, 3.05) is 26.6 Å². The number of hydrogen-bond donors (Lipinski definition) is 1. The van der Waals surface area contributed by atoms with Gasteiger partial charge in [-0.05, 0) is 42.3 Å². The minimum Gasteiger partial charge on any atom is -0.493 e. The second-order valence-corrected chi connectivity index (χ2v) is 8.31. The van der Waals surface area contributed by atoms with Gasteiger partial charge in [0.15, 0.2) is 11.5 Å². The van der Waals surface area contributed by atoms with Crippen LogP contribution in [0.5, 0.6) is 17.2 Å². The van der Waals surface area contributed by atoms with Crippen molar-refractivity contribution in [2.45, 2.75) is 43.0 Å². The number of ether oxygens (including phenoxy) is 3. The highest BCUT2D eigenvalue weighted by molar-refractivity contribution is 7.99. The van der Waals surface area contributed by atoms with E-state index in [4.69, 9.17) is 14.2 Å². The normalized spacial score (nSPS) is 12.3. The van der Waals surface area contributed by atoms with Crippen molar-refractivity contribution in [2.24, 2.45) is 0 Å². The molecule has 0 saturated heterocycles. The molecule has 0 aliphatic rings. The first kappa shape index (κ1) is 24.7. The van der Waals surface area contributed by atoms with Gasteiger partial charge in [0.05, 0.1) is 39.0 Å². The molecule has 2 aromatic carbocycles. The Balaban J connectivity index is 2.27. The van der Waals surface area contributed by atoms with E-state index in [-0.39, 0.29) is 17.4 Å². The summed E-state index contributed by atoms with van der Waals surface area (Å²) in [6.07, 6.45) is -3.93. The van der Waals surface area contributed by atoms with Crippen LogP contribution >= 0.6 is 11.8 Å². The molecular formula is C22H26F3NO4S. The standard InChI is InChI=1S/C22H26F3NO4S/c1-6-13(2)31-15-7-8-17(16(12-15)22(23,24)25)26-20(27)11-14-9-18(28-3)21(30-5)19(10-14)29-4/h7-10,12-13H,6,11H2,1-5H3,(H,26,27). The van der Waals surface area contributed by atoms with Crippen molar-refractivity contribution < 1.29 is 32.2 Å². The summed E-state index contributed by atoms with van der Waals surface area (Å²) in [6, 6.07) is 7.11. The molecule has 0 aliphatic heterocycles. The summed E-state index contributed by atoms with van der Waals surface area (Å²) in [4.78, 5) is 13.0. The molecule has 9 heteroatoms. The molecule has 2 rings (SSSR count). The number of rotatable bonds is 9. The van der Waals surface area contributed by atoms with E-state index in [1.54, 1.807) is 18.2 Å². The van der Waals surface area contributed by atoms with E-state index in [0.29, 0.717) is 27.7 Å². The third kappa shape index (κ3) is 6.46. The fraction of sp³-hybridized carbons (Fsp3) is 0.409. The number of carbonyl (C=O) groups is 1. The first-order valence-corrected chi connectivity index (χ1v) is 10.5. The fourth-order valence-electron chi connectivity index (χ4n) is 2.87. The van der Waals surface area contributed by atoms with E-state index < -0.39 is 17.6 Å². The molecule has 2 aromatic rings. The van der Waals surface area contributed by atoms with Crippen LogP contribution in [0.2, 0.25) is 0 Å². The highest BCUT2D eigenvalue weighted by Crippen LogP contribution is 2.40. The van der Waals surface area contributed by atoms with E-state index in [1.807, 2.05) is 13.8 Å². The van der Waals surface area contributed by atoms with Crippen molar-refractivity contribution in [1.29, 1.82) is 0 Å². The van der Waals surface area contributed by atoms with E-state index in [9.17, 15) is 18.0 Å². The highest BCUT2D eigenvalue weighted by atomic mass is 32.2. The van der Waals surface area contributed by atoms with Crippen LogP contribution in [0.3, 0.4) is 0 Å². The Labute approximate surface area is 184 Å². The molecule has 0 radical (unpaired) electrons. The van der Waals surface area contributed by atoms with Gasteiger partial charge in [-0.15, -0.1) is 11.8 Å². The zero-order valence-corrected chi connectivity index (χ0v) is 18.9. The molecule has 1 N–H and O–H groups in total. The maximum atomic E-state index is 13.6. The van der Waals surface area contributed by atoms with Crippen LogP contribution in [-0.4, -0.2) is 32.5 Å². The Hall–Kier alpha value is -2.55. The summed E-state index contributed by atoms with van der Waals surface area (Å²) in [7, 11) is 4.33. The first-order valence-electron chi connectivity index (χ1n) is 9.59. The van der Waals surface area contributed by atoms with Crippen molar-refractivity contribution in [3.05, 3.63) is 41.5 Å². The first-order chi connectivity index (χ1) is 14.6. The highest BCUT2D eigenvalue weighted by Gasteiger charge is 2.34. The van der Waals surface area contributed by atoms with Gasteiger partial charge in [-0.3, -0.25) is 4.79 Å². The number of hydrogen-bond acceptors (Lipinski definition) is 5. The zero-order valence-electron chi connectivity index (χ0n) is 18.1. The predicted molar refractivity (Wildman–Crippen MR) is 115 cm³/mol. The molecule has 5 nitrogen and oxygen atoms in total. The molecular weight excluding hydrogens is 431 g/mol. The molecule has 1 atom stereocenters. The molecule has 1 amide bonds. The van der Waals surface area contributed by atoms with Gasteiger partial charge in [-0.25, -0.2) is 0 Å². The maximum Gasteiger partial charge on any atom is 0.418 e. The lowest BCUT2D eigenvalue weighted by Crippen LogP contribution is -2.18. The van der Waals surface area contributed by atoms with E-state index in [2.05, 4.69) is 5.32 Å². The molecule has 0 fully saturated rings. The van der Waals surface area contributed by atoms with Crippen LogP contribution < -0.4 is 19.5 Å². The summed E-state index contributed by atoms with van der Waals surface area (Å²) in [6.45, 7) is 3.92. The fourth-order valence-corrected chi connectivity index (χ4v) is 3.84. The molecule has 0 saturated carbocycles. The SMILES string of the molecule is CCC(C)Sc1ccc(NC(=O)Cc2cc(OC)c(OC)c(OC)c2)c(C(F)(F)F)c1. The Morgan fingerprint density at radius 2 is 1.68 bits per heavy atom. The Bertz CT molecular complexity index is 893. The average molecular weight is 458 g/mol. The van der Waals surface area contributed by atoms with Crippen molar-refractivity contribution >= 4 is 23.4 Å². The molecule has 0 aromatic heterocycles. The number of thioether (sulfide) groups is 1. The molecule has 0 bridgehead atoms. The molecule has 1 unspecified atom stereocenters. The minimum atomic E-state index is -4.60. The number of methoxy groups -OCH3 is 3. The van der Waals surface area contributed by atoms with Crippen molar-refractivity contribution in [3.8, 4) is 17.2 Å². The minimum absolute atomic E-state index is 0.169. The summed E-state index contributed by atoms with van der Waals surface area (Å²) >= 11 is 1.36. The summed E-state index contributed by atoms with van der Waals surface area (Å²) in [5.74, 6) is 0.476. The number of alkyl halides is 3. The molecule has 0 spiro atoms. The third-order valence-corrected chi connectivity index (χ3v) is 5.83. The lowest BCUT2D eigenvalue weighted by atomic mass is 10.1. The van der Waals surface area contributed by atoms with Crippen molar-refractivity contribution in [3.63, 3.8) is 0 Å². The maximum absolute atomic E-state index is 13.6. The van der Waals surface area contributed by atoms with Gasteiger partial charge in [-0.2, -0.15) is 13.2 Å². The monoisotopic (exact) mass is 457 g/mol. The Morgan fingerprint density at radius 1 is 1.06 bits per heavy atom. The van der Waals surface area contributed by atoms with Crippen LogP contribution in [0.4, 0.5) is 18.9 Å². The van der Waals surface area contributed by atoms with Crippen molar-refractivity contribution in [1.82, 2.24) is 0 Å². The summed E-state index contributed by atoms with van der Waals surface area (Å²) in [5, 5.41) is 2.56. The second kappa shape index (κ2) is 10.7. The number of benzene rings is 2. The predicted octanol–water partition coefficient (Wildman–Crippen LogP) is 5.80. The average Bonchev–Trinajstić information content (AvgIpc) is 2.72. The number of carbonyl (C=O) groups excluding carboxylic acids is 1. The zero-order chi connectivity index (χ0) is 23.2. The van der Waals surface area contributed by atoms with Gasteiger partial charge in [0.1, 0.15) is 0 Å². The van der Waals surface area contributed by atoms with Gasteiger partial charge in [0.25, 0.3) is 0 Å². The van der Waals surface area contributed by atoms with Gasteiger partial charge >= 0.3 is 6.18 Å². The van der Waals surface area contributed by atoms with E-state index in [1.165, 1.54) is 39.2 Å². The molecule has 31 heavy (non-hydrogen) atoms. The number of anilines is 1. The largest absolute Gasteiger partial charge is 0.493 e. The van der Waals surface area contributed by atoms with Crippen LogP contribution in [0, 0.1) is 0 Å². The van der Waals surface area contributed by atoms with Crippen LogP contribution in [0.15, 0.2) is 35.2 Å². The number of nitrogens with one attached hydrogen (secondary N) is 1. The molecule has 0 aliphatic carbocycles. The lowest BCUT2D eigenvalue weighted by Gasteiger charge is -2.17. The third-order valence-electron chi connectivity index (χ3n) is 4.57. The lowest BCUT2D eigenvalue weighted by molar-refractivity contribution is -0.137. The van der Waals surface area contributed by atoms with Gasteiger partial charge < -0.3 is 19.5 Å². The second-order valence-electron chi connectivity index (χ2n) is 6.80. The van der Waals surface area contributed by atoms with Crippen LogP contribution in [0.25, 0.3) is 0 Å². The van der Waals surface area contributed by atoms with Gasteiger partial charge in [0, 0.05) is 10.1 Å². The van der Waals surface area contributed by atoms with E-state index in [0.717, 1.165) is 12.5 Å². The summed E-state index contributed by atoms with van der Waals surface area (Å²) in [5.41, 5.74) is -0.651. The number of halogens is 3. The Morgan fingerprint density at radius 3 is 2.16 bits per heavy atom. The van der Waals surface area contributed by atoms with Crippen LogP contribution in [-0.2, 0) is 17.4 Å². The molecule has 170 valence electrons. The topological polar surface area (TPSA) is 56.8 Å². The Kier molecular flexibility index (Phi) is 8.50. The molecule has 0 heterocycles. The summed E-state index contributed by atoms with van der Waals surface area (Å²) < 4.78 is 56.5. The van der Waals surface area contributed by atoms with Gasteiger partial charge in [-0.1, -0.05) is 13.8 Å². The smallest absolute Gasteiger partial charge is 0.418 e. The van der Waals surface area contributed by atoms with Crippen LogP contribution in [0.1, 0.15) is 31.4 Å². The quantitative estimate of drug-likeness (QED) is 0.482.